The van der Waals surface area contributed by atoms with E-state index in [9.17, 15) is 0 Å². The van der Waals surface area contributed by atoms with E-state index in [1.54, 1.807) is 18.7 Å². The summed E-state index contributed by atoms with van der Waals surface area (Å²) in [5, 5.41) is 7.87. The second-order valence-electron chi connectivity index (χ2n) is 2.90. The lowest BCUT2D eigenvalue weighted by molar-refractivity contribution is 0.767. The van der Waals surface area contributed by atoms with Crippen LogP contribution in [0.15, 0.2) is 24.8 Å². The molecule has 0 aliphatic carbocycles. The zero-order valence-electron chi connectivity index (χ0n) is 7.88. The van der Waals surface area contributed by atoms with Crippen LogP contribution in [0.1, 0.15) is 6.92 Å². The van der Waals surface area contributed by atoms with Crippen LogP contribution < -0.4 is 5.73 Å². The SMILES string of the molecule is CCn1cnnc1-c1ccncc1N. The van der Waals surface area contributed by atoms with E-state index in [-0.39, 0.29) is 0 Å². The summed E-state index contributed by atoms with van der Waals surface area (Å²) >= 11 is 0. The quantitative estimate of drug-likeness (QED) is 0.763. The fourth-order valence-electron chi connectivity index (χ4n) is 1.31. The van der Waals surface area contributed by atoms with Gasteiger partial charge in [0.1, 0.15) is 6.33 Å². The Labute approximate surface area is 81.6 Å². The number of aromatic nitrogens is 4. The molecular formula is C9H11N5. The van der Waals surface area contributed by atoms with Crippen LogP contribution >= 0.6 is 0 Å². The second-order valence-corrected chi connectivity index (χ2v) is 2.90. The van der Waals surface area contributed by atoms with E-state index in [0.717, 1.165) is 17.9 Å². The number of rotatable bonds is 2. The Bertz CT molecular complexity index is 434. The molecule has 0 saturated carbocycles. The van der Waals surface area contributed by atoms with E-state index >= 15 is 0 Å². The highest BCUT2D eigenvalue weighted by Gasteiger charge is 2.08. The average Bonchev–Trinajstić information content (AvgIpc) is 2.66. The Morgan fingerprint density at radius 1 is 1.50 bits per heavy atom. The smallest absolute Gasteiger partial charge is 0.165 e. The number of nitrogen functional groups attached to an aromatic ring is 1. The molecule has 2 aromatic rings. The van der Waals surface area contributed by atoms with E-state index in [4.69, 9.17) is 5.73 Å². The van der Waals surface area contributed by atoms with Crippen molar-refractivity contribution in [1.82, 2.24) is 19.7 Å². The molecule has 0 radical (unpaired) electrons. The first kappa shape index (κ1) is 8.68. The van der Waals surface area contributed by atoms with Gasteiger partial charge in [0, 0.05) is 18.3 Å². The summed E-state index contributed by atoms with van der Waals surface area (Å²) in [5.41, 5.74) is 7.29. The molecule has 2 heterocycles. The van der Waals surface area contributed by atoms with Crippen molar-refractivity contribution in [1.29, 1.82) is 0 Å². The minimum atomic E-state index is 0.621. The molecule has 0 bridgehead atoms. The first-order chi connectivity index (χ1) is 6.83. The molecule has 0 spiro atoms. The van der Waals surface area contributed by atoms with Gasteiger partial charge in [-0.15, -0.1) is 10.2 Å². The van der Waals surface area contributed by atoms with Gasteiger partial charge < -0.3 is 10.3 Å². The summed E-state index contributed by atoms with van der Waals surface area (Å²) in [5.74, 6) is 0.785. The van der Waals surface area contributed by atoms with Crippen LogP contribution in [-0.2, 0) is 6.54 Å². The summed E-state index contributed by atoms with van der Waals surface area (Å²) in [7, 11) is 0. The molecule has 0 aliphatic heterocycles. The molecule has 5 nitrogen and oxygen atoms in total. The normalized spacial score (nSPS) is 10.4. The number of nitrogens with two attached hydrogens (primary N) is 1. The minimum absolute atomic E-state index is 0.621. The Morgan fingerprint density at radius 3 is 3.07 bits per heavy atom. The van der Waals surface area contributed by atoms with Crippen LogP contribution in [0.4, 0.5) is 5.69 Å². The van der Waals surface area contributed by atoms with E-state index in [1.807, 2.05) is 17.6 Å². The lowest BCUT2D eigenvalue weighted by atomic mass is 10.2. The number of pyridine rings is 1. The second kappa shape index (κ2) is 3.45. The van der Waals surface area contributed by atoms with Gasteiger partial charge in [-0.25, -0.2) is 0 Å². The molecular weight excluding hydrogens is 178 g/mol. The maximum Gasteiger partial charge on any atom is 0.165 e. The Morgan fingerprint density at radius 2 is 2.36 bits per heavy atom. The molecule has 72 valence electrons. The molecule has 0 fully saturated rings. The maximum absolute atomic E-state index is 5.79. The monoisotopic (exact) mass is 189 g/mol. The van der Waals surface area contributed by atoms with Crippen molar-refractivity contribution in [3.63, 3.8) is 0 Å². The highest BCUT2D eigenvalue weighted by Crippen LogP contribution is 2.21. The van der Waals surface area contributed by atoms with Gasteiger partial charge in [-0.05, 0) is 13.0 Å². The third-order valence-corrected chi connectivity index (χ3v) is 2.05. The van der Waals surface area contributed by atoms with Gasteiger partial charge in [0.2, 0.25) is 0 Å². The van der Waals surface area contributed by atoms with Crippen molar-refractivity contribution >= 4 is 5.69 Å². The van der Waals surface area contributed by atoms with E-state index in [0.29, 0.717) is 5.69 Å². The number of nitrogens with zero attached hydrogens (tertiary/aromatic N) is 4. The molecule has 0 unspecified atom stereocenters. The molecule has 0 amide bonds. The van der Waals surface area contributed by atoms with Crippen LogP contribution in [0.2, 0.25) is 0 Å². The van der Waals surface area contributed by atoms with Gasteiger partial charge in [0.15, 0.2) is 5.82 Å². The highest BCUT2D eigenvalue weighted by molar-refractivity contribution is 5.70. The van der Waals surface area contributed by atoms with Gasteiger partial charge in [-0.1, -0.05) is 0 Å². The van der Waals surface area contributed by atoms with Crippen LogP contribution in [0.3, 0.4) is 0 Å². The average molecular weight is 189 g/mol. The van der Waals surface area contributed by atoms with E-state index in [2.05, 4.69) is 15.2 Å². The molecule has 0 aromatic carbocycles. The number of anilines is 1. The Kier molecular flexibility index (Phi) is 2.14. The van der Waals surface area contributed by atoms with Gasteiger partial charge in [-0.3, -0.25) is 4.98 Å². The lowest BCUT2D eigenvalue weighted by Gasteiger charge is -2.04. The molecule has 2 N–H and O–H groups in total. The van der Waals surface area contributed by atoms with Gasteiger partial charge in [0.25, 0.3) is 0 Å². The number of hydrogen-bond acceptors (Lipinski definition) is 4. The molecule has 14 heavy (non-hydrogen) atoms. The highest BCUT2D eigenvalue weighted by atomic mass is 15.3. The van der Waals surface area contributed by atoms with Crippen LogP contribution in [0, 0.1) is 0 Å². The molecule has 2 aromatic heterocycles. The van der Waals surface area contributed by atoms with Crippen molar-refractivity contribution in [2.75, 3.05) is 5.73 Å². The third kappa shape index (κ3) is 1.32. The molecule has 5 heteroatoms. The topological polar surface area (TPSA) is 69.6 Å². The van der Waals surface area contributed by atoms with Crippen molar-refractivity contribution in [2.45, 2.75) is 13.5 Å². The largest absolute Gasteiger partial charge is 0.397 e. The summed E-state index contributed by atoms with van der Waals surface area (Å²) in [6.07, 6.45) is 5.00. The molecule has 0 saturated heterocycles. The number of aryl methyl sites for hydroxylation is 1. The fourth-order valence-corrected chi connectivity index (χ4v) is 1.31. The third-order valence-electron chi connectivity index (χ3n) is 2.05. The zero-order valence-corrected chi connectivity index (χ0v) is 7.88. The molecule has 2 rings (SSSR count). The van der Waals surface area contributed by atoms with E-state index < -0.39 is 0 Å². The standard InChI is InChI=1S/C9H11N5/c1-2-14-6-12-13-9(14)7-3-4-11-5-8(7)10/h3-6H,2,10H2,1H3. The van der Waals surface area contributed by atoms with Crippen molar-refractivity contribution < 1.29 is 0 Å². The van der Waals surface area contributed by atoms with E-state index in [1.165, 1.54) is 0 Å². The van der Waals surface area contributed by atoms with Crippen LogP contribution in [-0.4, -0.2) is 19.7 Å². The summed E-state index contributed by atoms with van der Waals surface area (Å²) < 4.78 is 1.94. The maximum atomic E-state index is 5.79. The van der Waals surface area contributed by atoms with Crippen LogP contribution in [0.25, 0.3) is 11.4 Å². The first-order valence-electron chi connectivity index (χ1n) is 4.40. The number of hydrogen-bond donors (Lipinski definition) is 1. The lowest BCUT2D eigenvalue weighted by Crippen LogP contribution is -1.99. The predicted molar refractivity (Wildman–Crippen MR) is 53.3 cm³/mol. The predicted octanol–water partition coefficient (Wildman–Crippen LogP) is 0.942. The minimum Gasteiger partial charge on any atom is -0.397 e. The van der Waals surface area contributed by atoms with Crippen molar-refractivity contribution in [3.8, 4) is 11.4 Å². The van der Waals surface area contributed by atoms with Crippen molar-refractivity contribution in [3.05, 3.63) is 24.8 Å². The summed E-state index contributed by atoms with van der Waals surface area (Å²) in [6.45, 7) is 2.86. The van der Waals surface area contributed by atoms with Gasteiger partial charge in [0.05, 0.1) is 11.9 Å². The van der Waals surface area contributed by atoms with Gasteiger partial charge in [-0.2, -0.15) is 0 Å². The Hall–Kier alpha value is -1.91. The fraction of sp³-hybridized carbons (Fsp3) is 0.222. The summed E-state index contributed by atoms with van der Waals surface area (Å²) in [6, 6.07) is 1.84. The first-order valence-corrected chi connectivity index (χ1v) is 4.40. The van der Waals surface area contributed by atoms with Crippen molar-refractivity contribution in [2.24, 2.45) is 0 Å². The summed E-state index contributed by atoms with van der Waals surface area (Å²) in [4.78, 5) is 3.93. The zero-order chi connectivity index (χ0) is 9.97. The Balaban J connectivity index is 2.54. The molecule has 0 atom stereocenters. The van der Waals surface area contributed by atoms with Crippen LogP contribution in [0.5, 0.6) is 0 Å². The molecule has 0 aliphatic rings. The van der Waals surface area contributed by atoms with Gasteiger partial charge >= 0.3 is 0 Å².